The zero-order chi connectivity index (χ0) is 19.3. The van der Waals surface area contributed by atoms with Crippen LogP contribution in [0.15, 0.2) is 59.5 Å². The van der Waals surface area contributed by atoms with Crippen molar-refractivity contribution >= 4 is 21.7 Å². The second-order valence-corrected chi connectivity index (χ2v) is 8.56. The SMILES string of the molecule is Cc1ccc(S(=O)(=O)OC[C@@H]2OCCN(Cc3ccccc3)[C@H]2CCl)cc1. The van der Waals surface area contributed by atoms with E-state index in [1.807, 2.05) is 25.1 Å². The normalized spacial score (nSPS) is 21.3. The van der Waals surface area contributed by atoms with Crippen LogP contribution in [0.5, 0.6) is 0 Å². The van der Waals surface area contributed by atoms with E-state index in [-0.39, 0.29) is 17.5 Å². The molecule has 7 heteroatoms. The van der Waals surface area contributed by atoms with Crippen LogP contribution in [0.3, 0.4) is 0 Å². The first-order valence-corrected chi connectivity index (χ1v) is 10.9. The van der Waals surface area contributed by atoms with Crippen LogP contribution in [0.2, 0.25) is 0 Å². The van der Waals surface area contributed by atoms with Gasteiger partial charge in [-0.05, 0) is 24.6 Å². The van der Waals surface area contributed by atoms with Crippen LogP contribution in [0.4, 0.5) is 0 Å². The predicted octanol–water partition coefficient (Wildman–Crippen LogP) is 3.21. The molecule has 0 spiro atoms. The number of rotatable bonds is 7. The van der Waals surface area contributed by atoms with E-state index in [0.717, 1.165) is 18.7 Å². The maximum absolute atomic E-state index is 12.4. The van der Waals surface area contributed by atoms with Gasteiger partial charge in [-0.15, -0.1) is 11.6 Å². The lowest BCUT2D eigenvalue weighted by Crippen LogP contribution is -2.53. The van der Waals surface area contributed by atoms with Crippen LogP contribution in [-0.4, -0.2) is 51.1 Å². The Morgan fingerprint density at radius 2 is 1.85 bits per heavy atom. The molecule has 0 amide bonds. The second-order valence-electron chi connectivity index (χ2n) is 6.64. The Balaban J connectivity index is 1.65. The second kappa shape index (κ2) is 9.17. The third kappa shape index (κ3) is 5.30. The summed E-state index contributed by atoms with van der Waals surface area (Å²) in [5.41, 5.74) is 2.17. The highest BCUT2D eigenvalue weighted by molar-refractivity contribution is 7.86. The third-order valence-electron chi connectivity index (χ3n) is 4.69. The topological polar surface area (TPSA) is 55.8 Å². The predicted molar refractivity (Wildman–Crippen MR) is 105 cm³/mol. The van der Waals surface area contributed by atoms with Crippen molar-refractivity contribution in [3.05, 3.63) is 65.7 Å². The van der Waals surface area contributed by atoms with Gasteiger partial charge in [-0.3, -0.25) is 9.08 Å². The van der Waals surface area contributed by atoms with Gasteiger partial charge in [0.2, 0.25) is 0 Å². The van der Waals surface area contributed by atoms with E-state index in [2.05, 4.69) is 17.0 Å². The molecular weight excluding hydrogens is 386 g/mol. The first-order valence-electron chi connectivity index (χ1n) is 8.91. The first-order chi connectivity index (χ1) is 13.0. The van der Waals surface area contributed by atoms with Gasteiger partial charge in [0.25, 0.3) is 10.1 Å². The summed E-state index contributed by atoms with van der Waals surface area (Å²) in [6, 6.07) is 16.6. The minimum absolute atomic E-state index is 0.0567. The molecule has 0 saturated carbocycles. The summed E-state index contributed by atoms with van der Waals surface area (Å²) in [6.45, 7) is 3.84. The Bertz CT molecular complexity index is 827. The number of hydrogen-bond donors (Lipinski definition) is 0. The Labute approximate surface area is 166 Å². The smallest absolute Gasteiger partial charge is 0.297 e. The van der Waals surface area contributed by atoms with Crippen molar-refractivity contribution in [2.45, 2.75) is 30.5 Å². The van der Waals surface area contributed by atoms with E-state index < -0.39 is 16.2 Å². The minimum atomic E-state index is -3.83. The summed E-state index contributed by atoms with van der Waals surface area (Å²) in [5, 5.41) is 0. The Morgan fingerprint density at radius 3 is 2.52 bits per heavy atom. The molecule has 0 N–H and O–H groups in total. The van der Waals surface area contributed by atoms with Crippen molar-refractivity contribution < 1.29 is 17.3 Å². The minimum Gasteiger partial charge on any atom is -0.373 e. The van der Waals surface area contributed by atoms with E-state index >= 15 is 0 Å². The summed E-state index contributed by atoms with van der Waals surface area (Å²) < 4.78 is 35.9. The van der Waals surface area contributed by atoms with Gasteiger partial charge in [0, 0.05) is 19.0 Å². The van der Waals surface area contributed by atoms with Crippen molar-refractivity contribution in [3.8, 4) is 0 Å². The fraction of sp³-hybridized carbons (Fsp3) is 0.400. The fourth-order valence-corrected chi connectivity index (χ4v) is 4.45. The van der Waals surface area contributed by atoms with Gasteiger partial charge in [0.1, 0.15) is 0 Å². The van der Waals surface area contributed by atoms with Gasteiger partial charge in [0.05, 0.1) is 30.3 Å². The van der Waals surface area contributed by atoms with E-state index in [0.29, 0.717) is 12.5 Å². The number of aryl methyl sites for hydroxylation is 1. The number of alkyl halides is 1. The highest BCUT2D eigenvalue weighted by Crippen LogP contribution is 2.21. The molecule has 1 heterocycles. The van der Waals surface area contributed by atoms with Crippen LogP contribution >= 0.6 is 11.6 Å². The number of morpholine rings is 1. The molecular formula is C20H24ClNO4S. The molecule has 2 aromatic rings. The average molecular weight is 410 g/mol. The molecule has 1 aliphatic rings. The highest BCUT2D eigenvalue weighted by Gasteiger charge is 2.33. The van der Waals surface area contributed by atoms with E-state index in [1.54, 1.807) is 24.3 Å². The lowest BCUT2D eigenvalue weighted by Gasteiger charge is -2.40. The van der Waals surface area contributed by atoms with Crippen molar-refractivity contribution in [2.24, 2.45) is 0 Å². The molecule has 146 valence electrons. The standard InChI is InChI=1S/C20H24ClNO4S/c1-16-7-9-18(10-8-16)27(23,24)26-15-20-19(13-21)22(11-12-25-20)14-17-5-3-2-4-6-17/h2-10,19-20H,11-15H2,1H3/t19-,20-/m0/s1. The van der Waals surface area contributed by atoms with Crippen LogP contribution in [0.1, 0.15) is 11.1 Å². The molecule has 1 fully saturated rings. The fourth-order valence-electron chi connectivity index (χ4n) is 3.13. The summed E-state index contributed by atoms with van der Waals surface area (Å²) in [4.78, 5) is 2.37. The van der Waals surface area contributed by atoms with Gasteiger partial charge in [0.15, 0.2) is 0 Å². The molecule has 2 aromatic carbocycles. The van der Waals surface area contributed by atoms with E-state index in [1.165, 1.54) is 5.56 Å². The maximum Gasteiger partial charge on any atom is 0.297 e. The summed E-state index contributed by atoms with van der Waals surface area (Å²) in [5.74, 6) is 0.339. The number of hydrogen-bond acceptors (Lipinski definition) is 5. The average Bonchev–Trinajstić information content (AvgIpc) is 2.68. The largest absolute Gasteiger partial charge is 0.373 e. The summed E-state index contributed by atoms with van der Waals surface area (Å²) in [7, 11) is -3.83. The Hall–Kier alpha value is -1.44. The van der Waals surface area contributed by atoms with E-state index in [9.17, 15) is 8.42 Å². The zero-order valence-electron chi connectivity index (χ0n) is 15.3. The van der Waals surface area contributed by atoms with Crippen molar-refractivity contribution in [2.75, 3.05) is 25.6 Å². The van der Waals surface area contributed by atoms with Crippen molar-refractivity contribution in [3.63, 3.8) is 0 Å². The summed E-state index contributed by atoms with van der Waals surface area (Å²) in [6.07, 6.45) is -0.403. The van der Waals surface area contributed by atoms with Crippen LogP contribution in [-0.2, 0) is 25.6 Å². The highest BCUT2D eigenvalue weighted by atomic mass is 35.5. The quantitative estimate of drug-likeness (QED) is 0.519. The van der Waals surface area contributed by atoms with Crippen LogP contribution in [0.25, 0.3) is 0 Å². The van der Waals surface area contributed by atoms with Gasteiger partial charge < -0.3 is 4.74 Å². The third-order valence-corrected chi connectivity index (χ3v) is 6.30. The van der Waals surface area contributed by atoms with E-state index in [4.69, 9.17) is 20.5 Å². The molecule has 0 aromatic heterocycles. The molecule has 3 rings (SSSR count). The Kier molecular flexibility index (Phi) is 6.89. The first kappa shape index (κ1) is 20.3. The number of ether oxygens (including phenoxy) is 1. The summed E-state index contributed by atoms with van der Waals surface area (Å²) >= 11 is 6.19. The Morgan fingerprint density at radius 1 is 1.15 bits per heavy atom. The van der Waals surface area contributed by atoms with Gasteiger partial charge in [-0.2, -0.15) is 8.42 Å². The molecule has 27 heavy (non-hydrogen) atoms. The molecule has 2 atom stereocenters. The maximum atomic E-state index is 12.4. The monoisotopic (exact) mass is 409 g/mol. The lowest BCUT2D eigenvalue weighted by molar-refractivity contribution is -0.0823. The van der Waals surface area contributed by atoms with Crippen molar-refractivity contribution in [1.82, 2.24) is 4.90 Å². The molecule has 5 nitrogen and oxygen atoms in total. The van der Waals surface area contributed by atoms with Gasteiger partial charge in [-0.25, -0.2) is 0 Å². The number of halogens is 1. The van der Waals surface area contributed by atoms with Gasteiger partial charge in [-0.1, -0.05) is 48.0 Å². The molecule has 0 bridgehead atoms. The zero-order valence-corrected chi connectivity index (χ0v) is 16.8. The van der Waals surface area contributed by atoms with Crippen molar-refractivity contribution in [1.29, 1.82) is 0 Å². The van der Waals surface area contributed by atoms with Crippen LogP contribution in [0, 0.1) is 6.92 Å². The molecule has 0 unspecified atom stereocenters. The molecule has 1 saturated heterocycles. The van der Waals surface area contributed by atoms with Crippen LogP contribution < -0.4 is 0 Å². The molecule has 0 aliphatic carbocycles. The van der Waals surface area contributed by atoms with Gasteiger partial charge >= 0.3 is 0 Å². The number of benzene rings is 2. The molecule has 0 radical (unpaired) electrons. The number of nitrogens with zero attached hydrogens (tertiary/aromatic N) is 1. The lowest BCUT2D eigenvalue weighted by atomic mass is 10.1. The molecule has 1 aliphatic heterocycles.